The average molecular weight is 273 g/mol. The highest BCUT2D eigenvalue weighted by Crippen LogP contribution is 2.38. The van der Waals surface area contributed by atoms with Gasteiger partial charge in [0.25, 0.3) is 0 Å². The molecule has 0 radical (unpaired) electrons. The fourth-order valence-electron chi connectivity index (χ4n) is 3.65. The number of fused-ring (bicyclic) bond motifs is 1. The van der Waals surface area contributed by atoms with E-state index in [0.29, 0.717) is 5.92 Å². The lowest BCUT2D eigenvalue weighted by atomic mass is 9.93. The maximum atomic E-state index is 12.6. The first-order valence-corrected chi connectivity index (χ1v) is 7.63. The van der Waals surface area contributed by atoms with E-state index in [0.717, 1.165) is 25.4 Å². The molecule has 2 fully saturated rings. The molecule has 1 saturated carbocycles. The van der Waals surface area contributed by atoms with Gasteiger partial charge in [-0.2, -0.15) is 0 Å². The number of rotatable bonds is 4. The largest absolute Gasteiger partial charge is 0.344 e. The first-order chi connectivity index (χ1) is 9.75. The standard InChI is InChI=1S/C16H23N3O/c1-19(10-7-12-5-8-17-9-6-12)16(20)15-14-4-2-3-13(14)11-18-15/h5-6,8-9,13-15,18H,2-4,7,10-11H2,1H3. The van der Waals surface area contributed by atoms with Gasteiger partial charge in [-0.1, -0.05) is 6.42 Å². The molecule has 0 aromatic carbocycles. The van der Waals surface area contributed by atoms with E-state index in [1.165, 1.54) is 24.8 Å². The van der Waals surface area contributed by atoms with Crippen molar-refractivity contribution in [3.63, 3.8) is 0 Å². The van der Waals surface area contributed by atoms with Crippen LogP contribution in [0, 0.1) is 11.8 Å². The number of likely N-dealkylation sites (N-methyl/N-ethyl adjacent to an activating group) is 1. The number of nitrogens with one attached hydrogen (secondary N) is 1. The molecule has 0 spiro atoms. The van der Waals surface area contributed by atoms with E-state index in [9.17, 15) is 4.79 Å². The molecular weight excluding hydrogens is 250 g/mol. The van der Waals surface area contributed by atoms with Crippen LogP contribution in [-0.4, -0.2) is 42.0 Å². The molecule has 3 atom stereocenters. The average Bonchev–Trinajstić information content (AvgIpc) is 3.08. The van der Waals surface area contributed by atoms with E-state index >= 15 is 0 Å². The van der Waals surface area contributed by atoms with Crippen LogP contribution in [0.5, 0.6) is 0 Å². The molecule has 20 heavy (non-hydrogen) atoms. The Morgan fingerprint density at radius 2 is 2.20 bits per heavy atom. The molecule has 1 aromatic rings. The van der Waals surface area contributed by atoms with Gasteiger partial charge in [-0.05, 0) is 55.3 Å². The minimum Gasteiger partial charge on any atom is -0.344 e. The SMILES string of the molecule is CN(CCc1ccncc1)C(=O)C1NCC2CCCC21. The smallest absolute Gasteiger partial charge is 0.239 e. The van der Waals surface area contributed by atoms with Crippen LogP contribution in [0.15, 0.2) is 24.5 Å². The van der Waals surface area contributed by atoms with Crippen molar-refractivity contribution in [1.82, 2.24) is 15.2 Å². The Bertz CT molecular complexity index is 462. The third kappa shape index (κ3) is 2.70. The molecule has 1 amide bonds. The highest BCUT2D eigenvalue weighted by molar-refractivity contribution is 5.82. The Morgan fingerprint density at radius 3 is 3.00 bits per heavy atom. The minimum atomic E-state index is 0.0601. The van der Waals surface area contributed by atoms with Gasteiger partial charge in [0.05, 0.1) is 6.04 Å². The van der Waals surface area contributed by atoms with Crippen LogP contribution in [0.4, 0.5) is 0 Å². The van der Waals surface area contributed by atoms with Gasteiger partial charge in [-0.15, -0.1) is 0 Å². The number of hydrogen-bond acceptors (Lipinski definition) is 3. The van der Waals surface area contributed by atoms with E-state index in [-0.39, 0.29) is 11.9 Å². The predicted octanol–water partition coefficient (Wildman–Crippen LogP) is 1.47. The van der Waals surface area contributed by atoms with Crippen molar-refractivity contribution in [2.45, 2.75) is 31.7 Å². The van der Waals surface area contributed by atoms with Crippen LogP contribution in [-0.2, 0) is 11.2 Å². The number of carbonyl (C=O) groups is 1. The summed E-state index contributed by atoms with van der Waals surface area (Å²) in [6, 6.07) is 4.09. The second-order valence-corrected chi connectivity index (χ2v) is 6.11. The zero-order valence-corrected chi connectivity index (χ0v) is 12.1. The quantitative estimate of drug-likeness (QED) is 0.903. The molecule has 4 heteroatoms. The Hall–Kier alpha value is -1.42. The third-order valence-electron chi connectivity index (χ3n) is 4.87. The lowest BCUT2D eigenvalue weighted by Gasteiger charge is -2.24. The van der Waals surface area contributed by atoms with Crippen molar-refractivity contribution in [3.8, 4) is 0 Å². The highest BCUT2D eigenvalue weighted by Gasteiger charge is 2.43. The second kappa shape index (κ2) is 5.92. The fourth-order valence-corrected chi connectivity index (χ4v) is 3.65. The summed E-state index contributed by atoms with van der Waals surface area (Å²) in [7, 11) is 1.92. The van der Waals surface area contributed by atoms with Gasteiger partial charge < -0.3 is 10.2 Å². The van der Waals surface area contributed by atoms with E-state index in [2.05, 4.69) is 10.3 Å². The van der Waals surface area contributed by atoms with Crippen molar-refractivity contribution >= 4 is 5.91 Å². The van der Waals surface area contributed by atoms with Crippen LogP contribution < -0.4 is 5.32 Å². The fraction of sp³-hybridized carbons (Fsp3) is 0.625. The van der Waals surface area contributed by atoms with Crippen LogP contribution in [0.1, 0.15) is 24.8 Å². The molecule has 3 rings (SSSR count). The molecule has 1 aliphatic carbocycles. The molecule has 1 N–H and O–H groups in total. The predicted molar refractivity (Wildman–Crippen MR) is 78.2 cm³/mol. The van der Waals surface area contributed by atoms with Crippen molar-refractivity contribution in [2.75, 3.05) is 20.1 Å². The van der Waals surface area contributed by atoms with Crippen LogP contribution in [0.25, 0.3) is 0 Å². The Kier molecular flexibility index (Phi) is 4.01. The molecule has 108 valence electrons. The second-order valence-electron chi connectivity index (χ2n) is 6.11. The lowest BCUT2D eigenvalue weighted by Crippen LogP contribution is -2.45. The Balaban J connectivity index is 1.54. The van der Waals surface area contributed by atoms with Gasteiger partial charge in [-0.3, -0.25) is 9.78 Å². The van der Waals surface area contributed by atoms with Gasteiger partial charge in [0.2, 0.25) is 5.91 Å². The van der Waals surface area contributed by atoms with Crippen molar-refractivity contribution in [3.05, 3.63) is 30.1 Å². The Labute approximate surface area is 120 Å². The summed E-state index contributed by atoms with van der Waals surface area (Å²) in [6.45, 7) is 1.80. The summed E-state index contributed by atoms with van der Waals surface area (Å²) in [6.07, 6.45) is 8.30. The number of pyridine rings is 1. The van der Waals surface area contributed by atoms with Gasteiger partial charge in [0, 0.05) is 26.0 Å². The summed E-state index contributed by atoms with van der Waals surface area (Å²) >= 11 is 0. The van der Waals surface area contributed by atoms with Crippen LogP contribution in [0.3, 0.4) is 0 Å². The number of nitrogens with zero attached hydrogens (tertiary/aromatic N) is 2. The molecule has 0 bridgehead atoms. The van der Waals surface area contributed by atoms with Gasteiger partial charge >= 0.3 is 0 Å². The maximum Gasteiger partial charge on any atom is 0.239 e. The monoisotopic (exact) mass is 273 g/mol. The first kappa shape index (κ1) is 13.6. The molecule has 4 nitrogen and oxygen atoms in total. The molecule has 1 aliphatic heterocycles. The molecule has 3 unspecified atom stereocenters. The van der Waals surface area contributed by atoms with Crippen LogP contribution in [0.2, 0.25) is 0 Å². The number of aromatic nitrogens is 1. The molecule has 2 aliphatic rings. The summed E-state index contributed by atoms with van der Waals surface area (Å²) < 4.78 is 0. The normalized spacial score (nSPS) is 28.4. The summed E-state index contributed by atoms with van der Waals surface area (Å²) in [4.78, 5) is 18.5. The topological polar surface area (TPSA) is 45.2 Å². The molecule has 2 heterocycles. The van der Waals surface area contributed by atoms with Gasteiger partial charge in [0.15, 0.2) is 0 Å². The molecular formula is C16H23N3O. The van der Waals surface area contributed by atoms with E-state index in [4.69, 9.17) is 0 Å². The van der Waals surface area contributed by atoms with Gasteiger partial charge in [0.1, 0.15) is 0 Å². The zero-order chi connectivity index (χ0) is 13.9. The highest BCUT2D eigenvalue weighted by atomic mass is 16.2. The minimum absolute atomic E-state index is 0.0601. The lowest BCUT2D eigenvalue weighted by molar-refractivity contribution is -0.132. The summed E-state index contributed by atoms with van der Waals surface area (Å²) in [5.41, 5.74) is 1.23. The van der Waals surface area contributed by atoms with E-state index < -0.39 is 0 Å². The number of carbonyl (C=O) groups excluding carboxylic acids is 1. The third-order valence-corrected chi connectivity index (χ3v) is 4.87. The number of hydrogen-bond donors (Lipinski definition) is 1. The van der Waals surface area contributed by atoms with Crippen LogP contribution >= 0.6 is 0 Å². The summed E-state index contributed by atoms with van der Waals surface area (Å²) in [5.74, 6) is 1.58. The van der Waals surface area contributed by atoms with Crippen molar-refractivity contribution in [2.24, 2.45) is 11.8 Å². The summed E-state index contributed by atoms with van der Waals surface area (Å²) in [5, 5.41) is 3.44. The van der Waals surface area contributed by atoms with E-state index in [1.54, 1.807) is 12.4 Å². The first-order valence-electron chi connectivity index (χ1n) is 7.63. The zero-order valence-electron chi connectivity index (χ0n) is 12.1. The van der Waals surface area contributed by atoms with E-state index in [1.807, 2.05) is 24.1 Å². The Morgan fingerprint density at radius 1 is 1.40 bits per heavy atom. The molecule has 1 saturated heterocycles. The van der Waals surface area contributed by atoms with Crippen molar-refractivity contribution in [1.29, 1.82) is 0 Å². The van der Waals surface area contributed by atoms with Gasteiger partial charge in [-0.25, -0.2) is 0 Å². The van der Waals surface area contributed by atoms with Crippen molar-refractivity contribution < 1.29 is 4.79 Å². The number of amides is 1. The molecule has 1 aromatic heterocycles. The maximum absolute atomic E-state index is 12.6.